The lowest BCUT2D eigenvalue weighted by atomic mass is 9.81. The molecular weight excluding hydrogens is 288 g/mol. The fourth-order valence-corrected chi connectivity index (χ4v) is 3.56. The lowest BCUT2D eigenvalue weighted by Crippen LogP contribution is -2.54. The topological polar surface area (TPSA) is 72.6 Å². The van der Waals surface area contributed by atoms with Gasteiger partial charge in [-0.1, -0.05) is 13.8 Å². The Morgan fingerprint density at radius 1 is 1.42 bits per heavy atom. The third-order valence-corrected chi connectivity index (χ3v) is 5.24. The summed E-state index contributed by atoms with van der Waals surface area (Å²) in [7, 11) is -3.22. The molecule has 0 radical (unpaired) electrons. The van der Waals surface area contributed by atoms with E-state index in [-0.39, 0.29) is 42.3 Å². The summed E-state index contributed by atoms with van der Waals surface area (Å²) in [6, 6.07) is 0.0656. The van der Waals surface area contributed by atoms with Crippen molar-refractivity contribution in [3.05, 3.63) is 0 Å². The SMILES string of the molecule is CC(C)OCCS(=O)(=O)N1CCC(N)C(C)(C)C1.Cl. The van der Waals surface area contributed by atoms with Crippen molar-refractivity contribution >= 4 is 22.4 Å². The number of hydrogen-bond acceptors (Lipinski definition) is 4. The van der Waals surface area contributed by atoms with Crippen molar-refractivity contribution in [3.8, 4) is 0 Å². The van der Waals surface area contributed by atoms with Gasteiger partial charge in [0.15, 0.2) is 0 Å². The first kappa shape index (κ1) is 19.1. The summed E-state index contributed by atoms with van der Waals surface area (Å²) >= 11 is 0. The standard InChI is InChI=1S/C12H26N2O3S.ClH/c1-10(2)17-7-8-18(15,16)14-6-5-11(13)12(3,4)9-14;/h10-11H,5-9,13H2,1-4H3;1H. The summed E-state index contributed by atoms with van der Waals surface area (Å²) in [5, 5.41) is 0. The van der Waals surface area contributed by atoms with E-state index < -0.39 is 10.0 Å². The van der Waals surface area contributed by atoms with Gasteiger partial charge in [-0.05, 0) is 25.7 Å². The molecule has 116 valence electrons. The monoisotopic (exact) mass is 314 g/mol. The Morgan fingerprint density at radius 2 is 2.00 bits per heavy atom. The zero-order chi connectivity index (χ0) is 14.0. The molecule has 1 saturated heterocycles. The molecule has 0 bridgehead atoms. The van der Waals surface area contributed by atoms with Crippen LogP contribution in [0, 0.1) is 5.41 Å². The summed E-state index contributed by atoms with van der Waals surface area (Å²) in [4.78, 5) is 0. The summed E-state index contributed by atoms with van der Waals surface area (Å²) in [5.41, 5.74) is 5.85. The smallest absolute Gasteiger partial charge is 0.216 e. The molecule has 0 aromatic carbocycles. The first-order valence-electron chi connectivity index (χ1n) is 6.50. The van der Waals surface area contributed by atoms with Crippen molar-refractivity contribution in [2.24, 2.45) is 11.1 Å². The van der Waals surface area contributed by atoms with E-state index in [0.29, 0.717) is 13.1 Å². The Hall–Kier alpha value is 0.120. The van der Waals surface area contributed by atoms with Crippen LogP contribution in [0.5, 0.6) is 0 Å². The number of piperidine rings is 1. The Balaban J connectivity index is 0.00000324. The molecule has 7 heteroatoms. The van der Waals surface area contributed by atoms with Gasteiger partial charge in [0, 0.05) is 19.1 Å². The van der Waals surface area contributed by atoms with Gasteiger partial charge in [0.1, 0.15) is 0 Å². The van der Waals surface area contributed by atoms with E-state index in [2.05, 4.69) is 0 Å². The van der Waals surface area contributed by atoms with Crippen molar-refractivity contribution in [1.82, 2.24) is 4.31 Å². The molecule has 0 spiro atoms. The van der Waals surface area contributed by atoms with E-state index in [1.165, 1.54) is 0 Å². The molecule has 1 fully saturated rings. The van der Waals surface area contributed by atoms with Crippen LogP contribution < -0.4 is 5.73 Å². The van der Waals surface area contributed by atoms with Crippen LogP contribution in [-0.4, -0.2) is 50.3 Å². The first-order chi connectivity index (χ1) is 8.15. The van der Waals surface area contributed by atoms with Gasteiger partial charge in [0.25, 0.3) is 0 Å². The molecule has 1 aliphatic rings. The maximum Gasteiger partial charge on any atom is 0.216 e. The Morgan fingerprint density at radius 3 is 2.47 bits per heavy atom. The summed E-state index contributed by atoms with van der Waals surface area (Å²) in [6.45, 7) is 9.11. The molecule has 0 aliphatic carbocycles. The molecule has 1 aliphatic heterocycles. The predicted octanol–water partition coefficient (Wildman–Crippen LogP) is 1.22. The van der Waals surface area contributed by atoms with Crippen LogP contribution in [-0.2, 0) is 14.8 Å². The molecule has 0 saturated carbocycles. The van der Waals surface area contributed by atoms with Gasteiger partial charge in [-0.3, -0.25) is 0 Å². The van der Waals surface area contributed by atoms with Crippen LogP contribution in [0.25, 0.3) is 0 Å². The van der Waals surface area contributed by atoms with Crippen LogP contribution in [0.2, 0.25) is 0 Å². The lowest BCUT2D eigenvalue weighted by molar-refractivity contribution is 0.0897. The fourth-order valence-electron chi connectivity index (χ4n) is 2.08. The Bertz CT molecular complexity index is 371. The zero-order valence-electron chi connectivity index (χ0n) is 12.3. The van der Waals surface area contributed by atoms with E-state index in [0.717, 1.165) is 6.42 Å². The van der Waals surface area contributed by atoms with Gasteiger partial charge < -0.3 is 10.5 Å². The van der Waals surface area contributed by atoms with Crippen LogP contribution in [0.3, 0.4) is 0 Å². The van der Waals surface area contributed by atoms with E-state index in [1.807, 2.05) is 27.7 Å². The summed E-state index contributed by atoms with van der Waals surface area (Å²) < 4.78 is 31.2. The third-order valence-electron chi connectivity index (χ3n) is 3.46. The number of nitrogens with zero attached hydrogens (tertiary/aromatic N) is 1. The quantitative estimate of drug-likeness (QED) is 0.828. The molecule has 1 unspecified atom stereocenters. The van der Waals surface area contributed by atoms with Crippen LogP contribution in [0.4, 0.5) is 0 Å². The van der Waals surface area contributed by atoms with E-state index in [1.54, 1.807) is 4.31 Å². The number of halogens is 1. The highest BCUT2D eigenvalue weighted by Gasteiger charge is 2.37. The highest BCUT2D eigenvalue weighted by Crippen LogP contribution is 2.29. The van der Waals surface area contributed by atoms with Crippen molar-refractivity contribution in [3.63, 3.8) is 0 Å². The largest absolute Gasteiger partial charge is 0.378 e. The van der Waals surface area contributed by atoms with Gasteiger partial charge in [-0.15, -0.1) is 12.4 Å². The normalized spacial score (nSPS) is 24.2. The maximum absolute atomic E-state index is 12.2. The fraction of sp³-hybridized carbons (Fsp3) is 1.00. The molecular formula is C12H27ClN2O3S. The zero-order valence-corrected chi connectivity index (χ0v) is 13.9. The van der Waals surface area contributed by atoms with Gasteiger partial charge >= 0.3 is 0 Å². The molecule has 0 aromatic rings. The summed E-state index contributed by atoms with van der Waals surface area (Å²) in [5.74, 6) is 0.0521. The van der Waals surface area contributed by atoms with Crippen molar-refractivity contribution in [2.75, 3.05) is 25.4 Å². The molecule has 0 amide bonds. The number of sulfonamides is 1. The highest BCUT2D eigenvalue weighted by atomic mass is 35.5. The Kier molecular flexibility index (Phi) is 7.27. The lowest BCUT2D eigenvalue weighted by Gasteiger charge is -2.41. The molecule has 0 aromatic heterocycles. The van der Waals surface area contributed by atoms with Gasteiger partial charge in [0.2, 0.25) is 10.0 Å². The average molecular weight is 315 g/mol. The van der Waals surface area contributed by atoms with Crippen molar-refractivity contribution < 1.29 is 13.2 Å². The molecule has 1 rings (SSSR count). The number of ether oxygens (including phenoxy) is 1. The second-order valence-electron chi connectivity index (χ2n) is 5.95. The average Bonchev–Trinajstić information content (AvgIpc) is 2.21. The summed E-state index contributed by atoms with van der Waals surface area (Å²) in [6.07, 6.45) is 0.781. The predicted molar refractivity (Wildman–Crippen MR) is 80.1 cm³/mol. The molecule has 1 heterocycles. The van der Waals surface area contributed by atoms with E-state index >= 15 is 0 Å². The second-order valence-corrected chi connectivity index (χ2v) is 8.04. The van der Waals surface area contributed by atoms with Crippen molar-refractivity contribution in [1.29, 1.82) is 0 Å². The number of nitrogens with two attached hydrogens (primary N) is 1. The van der Waals surface area contributed by atoms with Gasteiger partial charge in [0.05, 0.1) is 18.5 Å². The second kappa shape index (κ2) is 7.22. The molecule has 5 nitrogen and oxygen atoms in total. The minimum Gasteiger partial charge on any atom is -0.378 e. The molecule has 2 N–H and O–H groups in total. The molecule has 1 atom stereocenters. The highest BCUT2D eigenvalue weighted by molar-refractivity contribution is 7.89. The van der Waals surface area contributed by atoms with Crippen LogP contribution in [0.15, 0.2) is 0 Å². The van der Waals surface area contributed by atoms with Crippen LogP contribution in [0.1, 0.15) is 34.1 Å². The van der Waals surface area contributed by atoms with E-state index in [4.69, 9.17) is 10.5 Å². The van der Waals surface area contributed by atoms with Gasteiger partial charge in [-0.2, -0.15) is 0 Å². The number of rotatable bonds is 5. The van der Waals surface area contributed by atoms with Crippen LogP contribution >= 0.6 is 12.4 Å². The minimum absolute atomic E-state index is 0. The van der Waals surface area contributed by atoms with Gasteiger partial charge in [-0.25, -0.2) is 12.7 Å². The molecule has 19 heavy (non-hydrogen) atoms. The third kappa shape index (κ3) is 5.55. The minimum atomic E-state index is -3.22. The first-order valence-corrected chi connectivity index (χ1v) is 8.11. The maximum atomic E-state index is 12.2. The van der Waals surface area contributed by atoms with Crippen molar-refractivity contribution in [2.45, 2.75) is 46.3 Å². The van der Waals surface area contributed by atoms with E-state index in [9.17, 15) is 8.42 Å². The Labute approximate surface area is 123 Å². The number of hydrogen-bond donors (Lipinski definition) is 1.